The first-order valence-corrected chi connectivity index (χ1v) is 14.0. The molecule has 0 radical (unpaired) electrons. The molecular formula is C31H18BrClN4O7. The zero-order valence-electron chi connectivity index (χ0n) is 22.3. The molecule has 0 bridgehead atoms. The Morgan fingerprint density at radius 3 is 2.64 bits per heavy atom. The van der Waals surface area contributed by atoms with Gasteiger partial charge in [0.15, 0.2) is 5.76 Å². The highest BCUT2D eigenvalue weighted by Gasteiger charge is 2.21. The number of nitro benzene ring substituents is 1. The van der Waals surface area contributed by atoms with Crippen molar-refractivity contribution in [2.24, 2.45) is 5.10 Å². The van der Waals surface area contributed by atoms with Crippen LogP contribution in [0.2, 0.25) is 5.02 Å². The number of aromatic carboxylic acids is 1. The summed E-state index contributed by atoms with van der Waals surface area (Å²) in [6.45, 7) is -0.0446. The number of nitro groups is 1. The van der Waals surface area contributed by atoms with E-state index in [1.165, 1.54) is 24.4 Å². The first-order valence-electron chi connectivity index (χ1n) is 12.9. The monoisotopic (exact) mass is 672 g/mol. The zero-order chi connectivity index (χ0) is 31.0. The predicted molar refractivity (Wildman–Crippen MR) is 168 cm³/mol. The predicted octanol–water partition coefficient (Wildman–Crippen LogP) is 7.29. The van der Waals surface area contributed by atoms with Crippen LogP contribution in [0.15, 0.2) is 104 Å². The van der Waals surface area contributed by atoms with Crippen LogP contribution < -0.4 is 10.3 Å². The lowest BCUT2D eigenvalue weighted by molar-refractivity contribution is -0.386. The van der Waals surface area contributed by atoms with Crippen LogP contribution in [0.25, 0.3) is 33.5 Å². The van der Waals surface area contributed by atoms with Gasteiger partial charge in [-0.3, -0.25) is 14.9 Å². The zero-order valence-corrected chi connectivity index (χ0v) is 24.7. The Bertz CT molecular complexity index is 2190. The smallest absolute Gasteiger partial charge is 0.335 e. The molecule has 0 amide bonds. The third-order valence-corrected chi connectivity index (χ3v) is 7.43. The molecule has 0 aliphatic carbocycles. The molecule has 2 heterocycles. The van der Waals surface area contributed by atoms with Gasteiger partial charge < -0.3 is 14.3 Å². The lowest BCUT2D eigenvalue weighted by Crippen LogP contribution is -2.20. The van der Waals surface area contributed by atoms with Crippen molar-refractivity contribution in [2.75, 3.05) is 0 Å². The number of benzene rings is 4. The van der Waals surface area contributed by atoms with Crippen molar-refractivity contribution in [3.63, 3.8) is 0 Å². The molecule has 0 aliphatic heterocycles. The van der Waals surface area contributed by atoms with Gasteiger partial charge in [-0.25, -0.2) is 9.78 Å². The summed E-state index contributed by atoms with van der Waals surface area (Å²) in [6, 6.07) is 22.4. The second-order valence-corrected chi connectivity index (χ2v) is 10.8. The summed E-state index contributed by atoms with van der Waals surface area (Å²) in [5.41, 5.74) is 1.18. The molecular weight excluding hydrogens is 656 g/mol. The van der Waals surface area contributed by atoms with Crippen molar-refractivity contribution >= 4 is 67.3 Å². The lowest BCUT2D eigenvalue weighted by Gasteiger charge is -2.10. The number of furan rings is 1. The fourth-order valence-electron chi connectivity index (χ4n) is 4.49. The van der Waals surface area contributed by atoms with Crippen molar-refractivity contribution in [1.29, 1.82) is 0 Å². The van der Waals surface area contributed by atoms with Crippen LogP contribution in [0.4, 0.5) is 5.69 Å². The van der Waals surface area contributed by atoms with Crippen LogP contribution in [-0.2, 0) is 6.61 Å². The second kappa shape index (κ2) is 11.7. The van der Waals surface area contributed by atoms with Gasteiger partial charge in [0.25, 0.3) is 5.56 Å². The third-order valence-electron chi connectivity index (χ3n) is 6.60. The summed E-state index contributed by atoms with van der Waals surface area (Å²) in [4.78, 5) is 40.7. The molecule has 0 saturated heterocycles. The number of rotatable bonds is 8. The van der Waals surface area contributed by atoms with E-state index in [9.17, 15) is 19.7 Å². The van der Waals surface area contributed by atoms with E-state index in [0.717, 1.165) is 4.68 Å². The van der Waals surface area contributed by atoms with Gasteiger partial charge in [0.2, 0.25) is 11.6 Å². The molecule has 6 aromatic rings. The molecule has 13 heteroatoms. The molecule has 0 aliphatic rings. The van der Waals surface area contributed by atoms with Gasteiger partial charge in [0, 0.05) is 22.0 Å². The number of nitrogens with zero attached hydrogens (tertiary/aromatic N) is 4. The maximum atomic E-state index is 13.6. The average molecular weight is 674 g/mol. The van der Waals surface area contributed by atoms with E-state index in [4.69, 9.17) is 25.9 Å². The van der Waals surface area contributed by atoms with Crippen molar-refractivity contribution in [1.82, 2.24) is 9.66 Å². The number of ether oxygens (including phenoxy) is 1. The average Bonchev–Trinajstić information content (AvgIpc) is 3.43. The number of hydrogen-bond acceptors (Lipinski definition) is 8. The number of hydrogen-bond donors (Lipinski definition) is 1. The van der Waals surface area contributed by atoms with Crippen LogP contribution >= 0.6 is 27.5 Å². The summed E-state index contributed by atoms with van der Waals surface area (Å²) in [5, 5.41) is 27.0. The van der Waals surface area contributed by atoms with Crippen LogP contribution in [0.1, 0.15) is 21.5 Å². The van der Waals surface area contributed by atoms with Gasteiger partial charge >= 0.3 is 11.7 Å². The highest BCUT2D eigenvalue weighted by Crippen LogP contribution is 2.37. The number of aromatic nitrogens is 2. The number of carboxylic acid groups (broad SMARTS) is 1. The molecule has 11 nitrogen and oxygen atoms in total. The molecule has 218 valence electrons. The molecule has 0 spiro atoms. The Labute approximate surface area is 260 Å². The van der Waals surface area contributed by atoms with Gasteiger partial charge in [0.1, 0.15) is 12.2 Å². The minimum Gasteiger partial charge on any atom is -0.481 e. The number of carboxylic acids is 1. The number of para-hydroxylation sites is 1. The van der Waals surface area contributed by atoms with Gasteiger partial charge in [-0.1, -0.05) is 35.9 Å². The minimum atomic E-state index is -1.07. The molecule has 44 heavy (non-hydrogen) atoms. The summed E-state index contributed by atoms with van der Waals surface area (Å²) in [6.07, 6.45) is 1.30. The fourth-order valence-corrected chi connectivity index (χ4v) is 5.25. The second-order valence-electron chi connectivity index (χ2n) is 9.51. The third kappa shape index (κ3) is 5.68. The van der Waals surface area contributed by atoms with Gasteiger partial charge in [-0.2, -0.15) is 9.78 Å². The highest BCUT2D eigenvalue weighted by atomic mass is 79.9. The Hall–Kier alpha value is -5.33. The molecule has 0 atom stereocenters. The van der Waals surface area contributed by atoms with E-state index < -0.39 is 16.5 Å². The van der Waals surface area contributed by atoms with Crippen LogP contribution in [0.5, 0.6) is 5.75 Å². The number of fused-ring (bicyclic) bond motifs is 2. The lowest BCUT2D eigenvalue weighted by atomic mass is 10.1. The highest BCUT2D eigenvalue weighted by molar-refractivity contribution is 9.10. The van der Waals surface area contributed by atoms with Gasteiger partial charge in [0.05, 0.1) is 32.1 Å². The van der Waals surface area contributed by atoms with Crippen molar-refractivity contribution in [2.45, 2.75) is 6.61 Å². The molecule has 0 saturated carbocycles. The Morgan fingerprint density at radius 2 is 1.89 bits per heavy atom. The van der Waals surface area contributed by atoms with Crippen LogP contribution in [0.3, 0.4) is 0 Å². The Kier molecular flexibility index (Phi) is 7.68. The van der Waals surface area contributed by atoms with E-state index in [1.807, 2.05) is 0 Å². The van der Waals surface area contributed by atoms with E-state index >= 15 is 0 Å². The normalized spacial score (nSPS) is 11.4. The summed E-state index contributed by atoms with van der Waals surface area (Å²) >= 11 is 9.48. The quantitative estimate of drug-likeness (QED) is 0.101. The van der Waals surface area contributed by atoms with E-state index in [0.29, 0.717) is 38.0 Å². The maximum Gasteiger partial charge on any atom is 0.335 e. The van der Waals surface area contributed by atoms with Crippen LogP contribution in [0, 0.1) is 10.1 Å². The van der Waals surface area contributed by atoms with E-state index in [2.05, 4.69) is 26.0 Å². The molecule has 1 N–H and O–H groups in total. The van der Waals surface area contributed by atoms with Crippen LogP contribution in [-0.4, -0.2) is 31.9 Å². The summed E-state index contributed by atoms with van der Waals surface area (Å²) < 4.78 is 13.1. The molecule has 4 aromatic carbocycles. The van der Waals surface area contributed by atoms with Crippen molar-refractivity contribution in [3.8, 4) is 17.3 Å². The van der Waals surface area contributed by atoms with Gasteiger partial charge in [-0.15, -0.1) is 0 Å². The Morgan fingerprint density at radius 1 is 1.11 bits per heavy atom. The van der Waals surface area contributed by atoms with Crippen molar-refractivity contribution < 1.29 is 24.0 Å². The summed E-state index contributed by atoms with van der Waals surface area (Å²) in [7, 11) is 0. The summed E-state index contributed by atoms with van der Waals surface area (Å²) in [5.74, 6) is -0.695. The molecule has 2 aromatic heterocycles. The first-order chi connectivity index (χ1) is 21.2. The standard InChI is InChI=1S/C31H18BrClN4O7/c32-23-11-18(12-25(37(41)42)28(23)43-16-17-5-7-19(8-6-17)31(39)40)15-34-36-29(35-24-4-2-1-3-22(24)30(36)38)27-14-20-13-21(33)9-10-26(20)44-27/h1-15H,16H2,(H,39,40). The largest absolute Gasteiger partial charge is 0.481 e. The molecule has 0 fully saturated rings. The van der Waals surface area contributed by atoms with E-state index in [-0.39, 0.29) is 39.7 Å². The maximum absolute atomic E-state index is 13.6. The fraction of sp³-hybridized carbons (Fsp3) is 0.0323. The molecule has 6 rings (SSSR count). The minimum absolute atomic E-state index is 0.0272. The SMILES string of the molecule is O=C(O)c1ccc(COc2c(Br)cc(C=Nn3c(-c4cc5cc(Cl)ccc5o4)nc4ccccc4c3=O)cc2[N+](=O)[O-])cc1. The Balaban J connectivity index is 1.38. The topological polar surface area (TPSA) is 150 Å². The van der Waals surface area contributed by atoms with Crippen molar-refractivity contribution in [3.05, 3.63) is 132 Å². The van der Waals surface area contributed by atoms with Gasteiger partial charge in [-0.05, 0) is 76.1 Å². The molecule has 0 unspecified atom stereocenters. The number of halogens is 2. The first kappa shape index (κ1) is 28.8. The number of carbonyl (C=O) groups is 1. The van der Waals surface area contributed by atoms with E-state index in [1.54, 1.807) is 66.7 Å².